The molecule has 18 heavy (non-hydrogen) atoms. The first kappa shape index (κ1) is 11.7. The largest absolute Gasteiger partial charge is 0.369 e. The van der Waals surface area contributed by atoms with Crippen molar-refractivity contribution in [1.29, 1.82) is 0 Å². The SMILES string of the molecule is O=Cc1ccc(N2CCN(C3CNC3)CC2)cc1. The number of hydrogen-bond acceptors (Lipinski definition) is 4. The quantitative estimate of drug-likeness (QED) is 0.791. The van der Waals surface area contributed by atoms with Crippen molar-refractivity contribution in [3.8, 4) is 0 Å². The lowest BCUT2D eigenvalue weighted by Gasteiger charge is -2.43. The highest BCUT2D eigenvalue weighted by Gasteiger charge is 2.27. The first-order chi connectivity index (χ1) is 8.86. The van der Waals surface area contributed by atoms with Gasteiger partial charge in [-0.1, -0.05) is 0 Å². The number of nitrogens with one attached hydrogen (secondary N) is 1. The molecule has 0 amide bonds. The minimum Gasteiger partial charge on any atom is -0.369 e. The fourth-order valence-electron chi connectivity index (χ4n) is 2.64. The number of anilines is 1. The molecular formula is C14H19N3O. The summed E-state index contributed by atoms with van der Waals surface area (Å²) in [7, 11) is 0. The molecule has 2 saturated heterocycles. The van der Waals surface area contributed by atoms with Gasteiger partial charge in [-0.15, -0.1) is 0 Å². The number of piperazine rings is 1. The van der Waals surface area contributed by atoms with Gasteiger partial charge in [0.05, 0.1) is 0 Å². The summed E-state index contributed by atoms with van der Waals surface area (Å²) < 4.78 is 0. The molecule has 0 aliphatic carbocycles. The van der Waals surface area contributed by atoms with Gasteiger partial charge in [0.1, 0.15) is 6.29 Å². The molecule has 0 saturated carbocycles. The smallest absolute Gasteiger partial charge is 0.150 e. The van der Waals surface area contributed by atoms with Crippen LogP contribution < -0.4 is 10.2 Å². The number of aldehydes is 1. The normalized spacial score (nSPS) is 21.7. The zero-order valence-electron chi connectivity index (χ0n) is 10.5. The fourth-order valence-corrected chi connectivity index (χ4v) is 2.64. The molecule has 2 aliphatic heterocycles. The summed E-state index contributed by atoms with van der Waals surface area (Å²) in [5.41, 5.74) is 1.98. The summed E-state index contributed by atoms with van der Waals surface area (Å²) in [6, 6.07) is 8.63. The van der Waals surface area contributed by atoms with Crippen LogP contribution in [0.1, 0.15) is 10.4 Å². The van der Waals surface area contributed by atoms with Gasteiger partial charge < -0.3 is 10.2 Å². The molecule has 4 nitrogen and oxygen atoms in total. The van der Waals surface area contributed by atoms with E-state index >= 15 is 0 Å². The molecule has 0 radical (unpaired) electrons. The fraction of sp³-hybridized carbons (Fsp3) is 0.500. The van der Waals surface area contributed by atoms with Crippen molar-refractivity contribution in [2.24, 2.45) is 0 Å². The van der Waals surface area contributed by atoms with Gasteiger partial charge in [0.25, 0.3) is 0 Å². The highest BCUT2D eigenvalue weighted by atomic mass is 16.1. The lowest BCUT2D eigenvalue weighted by Crippen LogP contribution is -2.61. The lowest BCUT2D eigenvalue weighted by atomic mass is 10.1. The van der Waals surface area contributed by atoms with E-state index in [0.29, 0.717) is 0 Å². The van der Waals surface area contributed by atoms with Gasteiger partial charge in [-0.25, -0.2) is 0 Å². The van der Waals surface area contributed by atoms with Crippen LogP contribution >= 0.6 is 0 Å². The van der Waals surface area contributed by atoms with Crippen LogP contribution in [-0.2, 0) is 0 Å². The summed E-state index contributed by atoms with van der Waals surface area (Å²) in [6.45, 7) is 6.74. The number of carbonyl (C=O) groups excluding carboxylic acids is 1. The molecule has 0 aromatic heterocycles. The zero-order chi connectivity index (χ0) is 12.4. The summed E-state index contributed by atoms with van der Waals surface area (Å²) in [6.07, 6.45) is 0.894. The standard InChI is InChI=1S/C14H19N3O/c18-11-12-1-3-13(4-2-12)16-5-7-17(8-6-16)14-9-15-10-14/h1-4,11,14-15H,5-10H2. The Balaban J connectivity index is 1.59. The Bertz CT molecular complexity index is 406. The maximum absolute atomic E-state index is 10.6. The molecular weight excluding hydrogens is 226 g/mol. The molecule has 2 aliphatic rings. The first-order valence-corrected chi connectivity index (χ1v) is 6.62. The van der Waals surface area contributed by atoms with Crippen LogP contribution in [0.15, 0.2) is 24.3 Å². The zero-order valence-corrected chi connectivity index (χ0v) is 10.5. The van der Waals surface area contributed by atoms with Crippen molar-refractivity contribution in [2.45, 2.75) is 6.04 Å². The third-order valence-corrected chi connectivity index (χ3v) is 3.98. The Morgan fingerprint density at radius 2 is 1.72 bits per heavy atom. The van der Waals surface area contributed by atoms with Crippen LogP contribution in [0, 0.1) is 0 Å². The Labute approximate surface area is 108 Å². The molecule has 1 N–H and O–H groups in total. The van der Waals surface area contributed by atoms with Gasteiger partial charge in [0.2, 0.25) is 0 Å². The molecule has 2 fully saturated rings. The second-order valence-corrected chi connectivity index (χ2v) is 5.04. The molecule has 1 aromatic rings. The van der Waals surface area contributed by atoms with Gasteiger partial charge in [-0.3, -0.25) is 9.69 Å². The topological polar surface area (TPSA) is 35.6 Å². The molecule has 96 valence electrons. The van der Waals surface area contributed by atoms with Crippen LogP contribution in [0.5, 0.6) is 0 Å². The number of nitrogens with zero attached hydrogens (tertiary/aromatic N) is 2. The van der Waals surface area contributed by atoms with Gasteiger partial charge in [0.15, 0.2) is 0 Å². The van der Waals surface area contributed by atoms with Crippen molar-refractivity contribution in [3.05, 3.63) is 29.8 Å². The number of benzene rings is 1. The van der Waals surface area contributed by atoms with Crippen molar-refractivity contribution in [2.75, 3.05) is 44.2 Å². The van der Waals surface area contributed by atoms with Crippen LogP contribution in [-0.4, -0.2) is 56.5 Å². The first-order valence-electron chi connectivity index (χ1n) is 6.62. The summed E-state index contributed by atoms with van der Waals surface area (Å²) in [5, 5.41) is 3.33. The Morgan fingerprint density at radius 3 is 2.22 bits per heavy atom. The van der Waals surface area contributed by atoms with Crippen molar-refractivity contribution < 1.29 is 4.79 Å². The summed E-state index contributed by atoms with van der Waals surface area (Å²) in [5.74, 6) is 0. The number of rotatable bonds is 3. The van der Waals surface area contributed by atoms with Crippen LogP contribution in [0.4, 0.5) is 5.69 Å². The number of hydrogen-bond donors (Lipinski definition) is 1. The van der Waals surface area contributed by atoms with E-state index in [4.69, 9.17) is 0 Å². The van der Waals surface area contributed by atoms with E-state index in [2.05, 4.69) is 15.1 Å². The third-order valence-electron chi connectivity index (χ3n) is 3.98. The predicted octanol–water partition coefficient (Wildman–Crippen LogP) is 0.593. The van der Waals surface area contributed by atoms with Crippen LogP contribution in [0.2, 0.25) is 0 Å². The van der Waals surface area contributed by atoms with E-state index < -0.39 is 0 Å². The molecule has 2 heterocycles. The Morgan fingerprint density at radius 1 is 1.06 bits per heavy atom. The van der Waals surface area contributed by atoms with Crippen molar-refractivity contribution >= 4 is 12.0 Å². The summed E-state index contributed by atoms with van der Waals surface area (Å²) in [4.78, 5) is 15.6. The van der Waals surface area contributed by atoms with E-state index in [9.17, 15) is 4.79 Å². The second-order valence-electron chi connectivity index (χ2n) is 5.04. The Kier molecular flexibility index (Phi) is 3.30. The minimum atomic E-state index is 0.748. The van der Waals surface area contributed by atoms with E-state index in [0.717, 1.165) is 57.2 Å². The Hall–Kier alpha value is -1.39. The number of carbonyl (C=O) groups is 1. The van der Waals surface area contributed by atoms with Gasteiger partial charge in [0, 0.05) is 56.6 Å². The van der Waals surface area contributed by atoms with Crippen molar-refractivity contribution in [1.82, 2.24) is 10.2 Å². The minimum absolute atomic E-state index is 0.748. The lowest BCUT2D eigenvalue weighted by molar-refractivity contribution is 0.112. The third kappa shape index (κ3) is 2.26. The maximum atomic E-state index is 10.6. The molecule has 0 bridgehead atoms. The van der Waals surface area contributed by atoms with E-state index in [1.165, 1.54) is 5.69 Å². The van der Waals surface area contributed by atoms with E-state index in [1.807, 2.05) is 24.3 Å². The molecule has 0 atom stereocenters. The molecule has 0 unspecified atom stereocenters. The van der Waals surface area contributed by atoms with E-state index in [-0.39, 0.29) is 0 Å². The van der Waals surface area contributed by atoms with Gasteiger partial charge >= 0.3 is 0 Å². The monoisotopic (exact) mass is 245 g/mol. The second kappa shape index (κ2) is 5.08. The molecule has 0 spiro atoms. The highest BCUT2D eigenvalue weighted by molar-refractivity contribution is 5.75. The van der Waals surface area contributed by atoms with Gasteiger partial charge in [-0.2, -0.15) is 0 Å². The average molecular weight is 245 g/mol. The molecule has 1 aromatic carbocycles. The highest BCUT2D eigenvalue weighted by Crippen LogP contribution is 2.18. The summed E-state index contributed by atoms with van der Waals surface area (Å²) >= 11 is 0. The van der Waals surface area contributed by atoms with Gasteiger partial charge in [-0.05, 0) is 24.3 Å². The maximum Gasteiger partial charge on any atom is 0.150 e. The predicted molar refractivity (Wildman–Crippen MR) is 72.3 cm³/mol. The van der Waals surface area contributed by atoms with E-state index in [1.54, 1.807) is 0 Å². The van der Waals surface area contributed by atoms with Crippen LogP contribution in [0.25, 0.3) is 0 Å². The van der Waals surface area contributed by atoms with Crippen LogP contribution in [0.3, 0.4) is 0 Å². The van der Waals surface area contributed by atoms with Crippen molar-refractivity contribution in [3.63, 3.8) is 0 Å². The molecule has 3 rings (SSSR count). The average Bonchev–Trinajstić information content (AvgIpc) is 2.38. The molecule has 4 heteroatoms.